The molecule has 0 bridgehead atoms. The molecule has 2 aromatic carbocycles. The minimum absolute atomic E-state index is 0.255. The maximum atomic E-state index is 5.84. The highest BCUT2D eigenvalue weighted by Gasteiger charge is 2.18. The van der Waals surface area contributed by atoms with Crippen LogP contribution in [-0.4, -0.2) is 44.2 Å². The van der Waals surface area contributed by atoms with Crippen LogP contribution in [-0.2, 0) is 6.54 Å². The van der Waals surface area contributed by atoms with Gasteiger partial charge in [-0.05, 0) is 54.5 Å². The van der Waals surface area contributed by atoms with Crippen LogP contribution in [0.5, 0.6) is 23.0 Å². The topological polar surface area (TPSA) is 69.4 Å². The summed E-state index contributed by atoms with van der Waals surface area (Å²) in [5.74, 6) is 3.55. The molecule has 186 valence electrons. The third-order valence-corrected chi connectivity index (χ3v) is 6.03. The zero-order valence-electron chi connectivity index (χ0n) is 20.4. The first-order valence-electron chi connectivity index (χ1n) is 11.8. The van der Waals surface area contributed by atoms with Crippen molar-refractivity contribution in [3.05, 3.63) is 84.7 Å². The number of methoxy groups -OCH3 is 2. The van der Waals surface area contributed by atoms with Crippen molar-refractivity contribution < 1.29 is 23.5 Å². The zero-order valence-corrected chi connectivity index (χ0v) is 20.4. The highest BCUT2D eigenvalue weighted by molar-refractivity contribution is 5.66. The molecule has 8 heteroatoms. The van der Waals surface area contributed by atoms with Gasteiger partial charge in [-0.3, -0.25) is 0 Å². The molecule has 0 fully saturated rings. The van der Waals surface area contributed by atoms with Gasteiger partial charge in [0.2, 0.25) is 12.7 Å². The molecule has 0 spiro atoms. The van der Waals surface area contributed by atoms with Gasteiger partial charge in [-0.25, -0.2) is 0 Å². The van der Waals surface area contributed by atoms with Crippen LogP contribution >= 0.6 is 0 Å². The lowest BCUT2D eigenvalue weighted by molar-refractivity contribution is 0.174. The van der Waals surface area contributed by atoms with Gasteiger partial charge in [0.15, 0.2) is 23.0 Å². The van der Waals surface area contributed by atoms with Gasteiger partial charge in [-0.1, -0.05) is 23.4 Å². The first kappa shape index (κ1) is 23.4. The van der Waals surface area contributed by atoms with E-state index in [1.807, 2.05) is 60.7 Å². The van der Waals surface area contributed by atoms with Crippen molar-refractivity contribution in [3.8, 4) is 34.3 Å². The predicted octanol–water partition coefficient (Wildman–Crippen LogP) is 5.38. The molecule has 0 saturated carbocycles. The molecule has 0 N–H and O–H groups in total. The quantitative estimate of drug-likeness (QED) is 0.377. The molecule has 3 aromatic rings. The van der Waals surface area contributed by atoms with Gasteiger partial charge in [0.1, 0.15) is 5.69 Å². The van der Waals surface area contributed by atoms with Crippen LogP contribution in [0.2, 0.25) is 0 Å². The summed E-state index contributed by atoms with van der Waals surface area (Å²) in [5.41, 5.74) is 2.71. The number of hydrogen-bond acceptors (Lipinski definition) is 8. The number of hydrogen-bond donors (Lipinski definition) is 0. The number of anilines is 1. The Kier molecular flexibility index (Phi) is 7.12. The summed E-state index contributed by atoms with van der Waals surface area (Å²) in [7, 11) is 3.24. The Balaban J connectivity index is 1.35. The van der Waals surface area contributed by atoms with E-state index < -0.39 is 0 Å². The lowest BCUT2D eigenvalue weighted by Gasteiger charge is -2.23. The van der Waals surface area contributed by atoms with E-state index in [2.05, 4.69) is 33.4 Å². The van der Waals surface area contributed by atoms with Crippen LogP contribution in [0.4, 0.5) is 5.88 Å². The number of aromatic nitrogens is 1. The van der Waals surface area contributed by atoms with Gasteiger partial charge in [0.25, 0.3) is 0 Å². The van der Waals surface area contributed by atoms with E-state index in [9.17, 15) is 0 Å². The van der Waals surface area contributed by atoms with E-state index >= 15 is 0 Å². The molecule has 8 nitrogen and oxygen atoms in total. The summed E-state index contributed by atoms with van der Waals surface area (Å²) in [5, 5.41) is 4.35. The molecule has 36 heavy (non-hydrogen) atoms. The van der Waals surface area contributed by atoms with Crippen molar-refractivity contribution >= 4 is 5.88 Å². The van der Waals surface area contributed by atoms with Gasteiger partial charge in [0, 0.05) is 43.7 Å². The second-order valence-electron chi connectivity index (χ2n) is 8.39. The summed E-state index contributed by atoms with van der Waals surface area (Å²) < 4.78 is 27.7. The lowest BCUT2D eigenvalue weighted by atomic mass is 10.1. The van der Waals surface area contributed by atoms with Crippen LogP contribution < -0.4 is 23.8 Å². The van der Waals surface area contributed by atoms with Crippen molar-refractivity contribution in [2.45, 2.75) is 13.0 Å². The second-order valence-corrected chi connectivity index (χ2v) is 8.39. The molecule has 0 amide bonds. The first-order chi connectivity index (χ1) is 17.7. The molecule has 0 saturated heterocycles. The SMILES string of the molecule is COc1ccc(-c2cc(N(CCCN3C=CC=CC=C3)Cc3ccc4c(c3)OCO4)on2)cc1OC. The Morgan fingerprint density at radius 1 is 0.889 bits per heavy atom. The molecule has 3 heterocycles. The molecule has 2 aliphatic heterocycles. The molecule has 0 unspecified atom stereocenters. The highest BCUT2D eigenvalue weighted by atomic mass is 16.7. The Hall–Kier alpha value is -4.33. The third-order valence-electron chi connectivity index (χ3n) is 6.03. The average molecular weight is 488 g/mol. The number of benzene rings is 2. The standard InChI is InChI=1S/C28H29N3O5/c1-32-24-11-9-22(17-26(24)33-2)23-18-28(36-29-23)31(15-7-14-30-12-5-3-4-6-13-30)19-21-8-10-25-27(16-21)35-20-34-25/h3-6,8-13,16-18H,7,14-15,19-20H2,1-2H3. The van der Waals surface area contributed by atoms with E-state index in [-0.39, 0.29) is 6.79 Å². The smallest absolute Gasteiger partial charge is 0.231 e. The predicted molar refractivity (Wildman–Crippen MR) is 137 cm³/mol. The Morgan fingerprint density at radius 3 is 2.50 bits per heavy atom. The van der Waals surface area contributed by atoms with Crippen molar-refractivity contribution in [1.29, 1.82) is 0 Å². The van der Waals surface area contributed by atoms with Gasteiger partial charge >= 0.3 is 0 Å². The number of ether oxygens (including phenoxy) is 4. The summed E-state index contributed by atoms with van der Waals surface area (Å²) in [6.07, 6.45) is 13.2. The van der Waals surface area contributed by atoms with E-state index in [4.69, 9.17) is 23.5 Å². The van der Waals surface area contributed by atoms with Crippen LogP contribution in [0, 0.1) is 0 Å². The summed E-state index contributed by atoms with van der Waals surface area (Å²) in [6.45, 7) is 2.55. The van der Waals surface area contributed by atoms with Crippen LogP contribution in [0.25, 0.3) is 11.3 Å². The minimum atomic E-state index is 0.255. The first-order valence-corrected chi connectivity index (χ1v) is 11.8. The largest absolute Gasteiger partial charge is 0.493 e. The second kappa shape index (κ2) is 10.9. The van der Waals surface area contributed by atoms with Crippen molar-refractivity contribution in [3.63, 3.8) is 0 Å². The number of nitrogens with zero attached hydrogens (tertiary/aromatic N) is 3. The van der Waals surface area contributed by atoms with Crippen molar-refractivity contribution in [2.75, 3.05) is 39.0 Å². The highest BCUT2D eigenvalue weighted by Crippen LogP contribution is 2.35. The van der Waals surface area contributed by atoms with Gasteiger partial charge in [0.05, 0.1) is 14.2 Å². The number of rotatable bonds is 10. The Morgan fingerprint density at radius 2 is 1.69 bits per heavy atom. The zero-order chi connectivity index (χ0) is 24.7. The molecular weight excluding hydrogens is 458 g/mol. The molecule has 0 aliphatic carbocycles. The Bertz CT molecular complexity index is 1260. The molecule has 5 rings (SSSR count). The van der Waals surface area contributed by atoms with E-state index in [1.54, 1.807) is 14.2 Å². The van der Waals surface area contributed by atoms with Crippen LogP contribution in [0.1, 0.15) is 12.0 Å². The molecular formula is C28H29N3O5. The maximum absolute atomic E-state index is 5.84. The fraction of sp³-hybridized carbons (Fsp3) is 0.250. The fourth-order valence-electron chi connectivity index (χ4n) is 4.16. The Labute approximate surface area is 210 Å². The normalized spacial score (nSPS) is 13.7. The van der Waals surface area contributed by atoms with E-state index in [0.717, 1.165) is 47.8 Å². The number of allylic oxidation sites excluding steroid dienone is 4. The third kappa shape index (κ3) is 5.33. The molecule has 2 aliphatic rings. The average Bonchev–Trinajstić information content (AvgIpc) is 3.52. The summed E-state index contributed by atoms with van der Waals surface area (Å²) in [6, 6.07) is 13.7. The molecule has 0 radical (unpaired) electrons. The fourth-order valence-corrected chi connectivity index (χ4v) is 4.16. The summed E-state index contributed by atoms with van der Waals surface area (Å²) in [4.78, 5) is 4.37. The minimum Gasteiger partial charge on any atom is -0.493 e. The van der Waals surface area contributed by atoms with Gasteiger partial charge in [-0.2, -0.15) is 0 Å². The number of fused-ring (bicyclic) bond motifs is 1. The lowest BCUT2D eigenvalue weighted by Crippen LogP contribution is -2.26. The molecule has 0 atom stereocenters. The summed E-state index contributed by atoms with van der Waals surface area (Å²) >= 11 is 0. The molecule has 1 aromatic heterocycles. The monoisotopic (exact) mass is 487 g/mol. The van der Waals surface area contributed by atoms with Crippen molar-refractivity contribution in [2.24, 2.45) is 0 Å². The van der Waals surface area contributed by atoms with Gasteiger partial charge in [-0.15, -0.1) is 0 Å². The van der Waals surface area contributed by atoms with Gasteiger partial charge < -0.3 is 33.3 Å². The van der Waals surface area contributed by atoms with Crippen LogP contribution in [0.3, 0.4) is 0 Å². The maximum Gasteiger partial charge on any atom is 0.231 e. The van der Waals surface area contributed by atoms with Crippen LogP contribution in [0.15, 0.2) is 83.7 Å². The van der Waals surface area contributed by atoms with Crippen molar-refractivity contribution in [1.82, 2.24) is 10.1 Å². The van der Waals surface area contributed by atoms with E-state index in [0.29, 0.717) is 23.9 Å². The van der Waals surface area contributed by atoms with E-state index in [1.165, 1.54) is 0 Å².